The molecule has 0 N–H and O–H groups in total. The van der Waals surface area contributed by atoms with Gasteiger partial charge in [-0.25, -0.2) is 8.78 Å². The number of hydrogen-bond acceptors (Lipinski definition) is 3. The van der Waals surface area contributed by atoms with Crippen LogP contribution in [0.1, 0.15) is 15.9 Å². The highest BCUT2D eigenvalue weighted by molar-refractivity contribution is 6.31. The maximum atomic E-state index is 13.6. The van der Waals surface area contributed by atoms with Gasteiger partial charge in [-0.05, 0) is 35.9 Å². The predicted octanol–water partition coefficient (Wildman–Crippen LogP) is 4.33. The molecule has 2 aromatic rings. The molecule has 1 atom stereocenters. The predicted molar refractivity (Wildman–Crippen MR) is 98.1 cm³/mol. The van der Waals surface area contributed by atoms with E-state index in [9.17, 15) is 13.6 Å². The standard InChI is InChI=1S/C19H17Cl2F2NO3/c20-16-4-2-12(7-18(16)23)19(25)24-5-6-27-15(9-24)11-26-10-13-1-3-14(22)8-17(13)21/h1-4,7-8,15H,5-6,9-11H2. The van der Waals surface area contributed by atoms with E-state index in [0.29, 0.717) is 30.3 Å². The molecule has 1 amide bonds. The number of halogens is 4. The Morgan fingerprint density at radius 2 is 2.00 bits per heavy atom. The summed E-state index contributed by atoms with van der Waals surface area (Å²) >= 11 is 11.6. The average molecular weight is 416 g/mol. The van der Waals surface area contributed by atoms with Gasteiger partial charge >= 0.3 is 0 Å². The lowest BCUT2D eigenvalue weighted by Gasteiger charge is -2.33. The number of rotatable bonds is 5. The van der Waals surface area contributed by atoms with E-state index in [1.54, 1.807) is 11.0 Å². The van der Waals surface area contributed by atoms with Crippen molar-refractivity contribution in [2.45, 2.75) is 12.7 Å². The molecule has 1 heterocycles. The fourth-order valence-electron chi connectivity index (χ4n) is 2.76. The van der Waals surface area contributed by atoms with E-state index in [-0.39, 0.29) is 35.8 Å². The van der Waals surface area contributed by atoms with E-state index >= 15 is 0 Å². The number of benzene rings is 2. The van der Waals surface area contributed by atoms with Crippen molar-refractivity contribution in [1.82, 2.24) is 4.90 Å². The third-order valence-electron chi connectivity index (χ3n) is 4.17. The lowest BCUT2D eigenvalue weighted by molar-refractivity contribution is -0.0647. The number of hydrogen-bond donors (Lipinski definition) is 0. The van der Waals surface area contributed by atoms with Crippen LogP contribution in [0, 0.1) is 11.6 Å². The van der Waals surface area contributed by atoms with E-state index in [1.807, 2.05) is 0 Å². The molecule has 27 heavy (non-hydrogen) atoms. The molecular weight excluding hydrogens is 399 g/mol. The Morgan fingerprint density at radius 3 is 2.74 bits per heavy atom. The lowest BCUT2D eigenvalue weighted by Crippen LogP contribution is -2.47. The molecule has 1 aliphatic rings. The summed E-state index contributed by atoms with van der Waals surface area (Å²) < 4.78 is 37.9. The number of ether oxygens (including phenoxy) is 2. The van der Waals surface area contributed by atoms with Gasteiger partial charge in [0.25, 0.3) is 5.91 Å². The molecule has 8 heteroatoms. The summed E-state index contributed by atoms with van der Waals surface area (Å²) in [7, 11) is 0. The van der Waals surface area contributed by atoms with E-state index in [2.05, 4.69) is 0 Å². The van der Waals surface area contributed by atoms with Gasteiger partial charge in [0.1, 0.15) is 11.6 Å². The van der Waals surface area contributed by atoms with Gasteiger partial charge in [0, 0.05) is 23.7 Å². The SMILES string of the molecule is O=C(c1ccc(Cl)c(F)c1)N1CCOC(COCc2ccc(F)cc2Cl)C1. The fraction of sp³-hybridized carbons (Fsp3) is 0.316. The molecule has 3 rings (SSSR count). The summed E-state index contributed by atoms with van der Waals surface area (Å²) in [6.07, 6.45) is -0.320. The zero-order valence-corrected chi connectivity index (χ0v) is 15.8. The second kappa shape index (κ2) is 8.97. The van der Waals surface area contributed by atoms with Crippen molar-refractivity contribution in [3.63, 3.8) is 0 Å². The van der Waals surface area contributed by atoms with Crippen LogP contribution in [0.4, 0.5) is 8.78 Å². The fourth-order valence-corrected chi connectivity index (χ4v) is 3.09. The molecule has 0 spiro atoms. The van der Waals surface area contributed by atoms with Gasteiger partial charge in [-0.3, -0.25) is 4.79 Å². The molecule has 0 aliphatic carbocycles. The Bertz CT molecular complexity index is 835. The van der Waals surface area contributed by atoms with Gasteiger partial charge < -0.3 is 14.4 Å². The summed E-state index contributed by atoms with van der Waals surface area (Å²) in [4.78, 5) is 14.1. The zero-order chi connectivity index (χ0) is 19.4. The van der Waals surface area contributed by atoms with Crippen molar-refractivity contribution in [1.29, 1.82) is 0 Å². The van der Waals surface area contributed by atoms with Gasteiger partial charge in [-0.2, -0.15) is 0 Å². The Hall–Kier alpha value is -1.73. The molecule has 0 bridgehead atoms. The van der Waals surface area contributed by atoms with Gasteiger partial charge in [0.05, 0.1) is 30.9 Å². The van der Waals surface area contributed by atoms with Crippen LogP contribution in [0.25, 0.3) is 0 Å². The number of carbonyl (C=O) groups excluding carboxylic acids is 1. The minimum atomic E-state index is -0.633. The first-order valence-corrected chi connectivity index (χ1v) is 9.07. The van der Waals surface area contributed by atoms with Crippen LogP contribution in [-0.2, 0) is 16.1 Å². The van der Waals surface area contributed by atoms with Crippen molar-refractivity contribution in [3.8, 4) is 0 Å². The van der Waals surface area contributed by atoms with E-state index in [0.717, 1.165) is 6.07 Å². The third-order valence-corrected chi connectivity index (χ3v) is 4.83. The normalized spacial score (nSPS) is 17.2. The largest absolute Gasteiger partial charge is 0.374 e. The Kier molecular flexibility index (Phi) is 6.65. The lowest BCUT2D eigenvalue weighted by atomic mass is 10.1. The summed E-state index contributed by atoms with van der Waals surface area (Å²) in [5, 5.41) is 0.264. The molecular formula is C19H17Cl2F2NO3. The first-order valence-electron chi connectivity index (χ1n) is 8.31. The summed E-state index contributed by atoms with van der Waals surface area (Å²) in [6, 6.07) is 8.08. The van der Waals surface area contributed by atoms with Crippen molar-refractivity contribution in [2.75, 3.05) is 26.3 Å². The van der Waals surface area contributed by atoms with E-state index < -0.39 is 11.6 Å². The minimum absolute atomic E-state index is 0.0285. The topological polar surface area (TPSA) is 38.8 Å². The molecule has 1 aliphatic heterocycles. The van der Waals surface area contributed by atoms with Gasteiger partial charge in [0.15, 0.2) is 0 Å². The van der Waals surface area contributed by atoms with Crippen LogP contribution in [0.2, 0.25) is 10.0 Å². The second-order valence-corrected chi connectivity index (χ2v) is 6.94. The van der Waals surface area contributed by atoms with Crippen LogP contribution >= 0.6 is 23.2 Å². The highest BCUT2D eigenvalue weighted by Crippen LogP contribution is 2.20. The molecule has 0 radical (unpaired) electrons. The van der Waals surface area contributed by atoms with Gasteiger partial charge in [0.2, 0.25) is 0 Å². The molecule has 4 nitrogen and oxygen atoms in total. The zero-order valence-electron chi connectivity index (χ0n) is 14.3. The van der Waals surface area contributed by atoms with Crippen molar-refractivity contribution in [3.05, 3.63) is 69.2 Å². The Morgan fingerprint density at radius 1 is 1.19 bits per heavy atom. The molecule has 0 aromatic heterocycles. The quantitative estimate of drug-likeness (QED) is 0.729. The summed E-state index contributed by atoms with van der Waals surface area (Å²) in [6.45, 7) is 1.53. The number of morpholine rings is 1. The maximum absolute atomic E-state index is 13.6. The van der Waals surface area contributed by atoms with Crippen LogP contribution < -0.4 is 0 Å². The third kappa shape index (κ3) is 5.17. The molecule has 0 saturated carbocycles. The second-order valence-electron chi connectivity index (χ2n) is 6.12. The smallest absolute Gasteiger partial charge is 0.254 e. The maximum Gasteiger partial charge on any atom is 0.254 e. The summed E-state index contributed by atoms with van der Waals surface area (Å²) in [5.74, 6) is -1.33. The highest BCUT2D eigenvalue weighted by Gasteiger charge is 2.25. The Balaban J connectivity index is 1.54. The number of amides is 1. The Labute approximate surface area is 165 Å². The molecule has 1 fully saturated rings. The number of carbonyl (C=O) groups is 1. The molecule has 144 valence electrons. The van der Waals surface area contributed by atoms with E-state index in [1.165, 1.54) is 24.3 Å². The molecule has 1 unspecified atom stereocenters. The summed E-state index contributed by atoms with van der Waals surface area (Å²) in [5.41, 5.74) is 0.898. The highest BCUT2D eigenvalue weighted by atomic mass is 35.5. The van der Waals surface area contributed by atoms with Crippen LogP contribution in [0.5, 0.6) is 0 Å². The first-order chi connectivity index (χ1) is 12.9. The monoisotopic (exact) mass is 415 g/mol. The average Bonchev–Trinajstić information content (AvgIpc) is 2.65. The van der Waals surface area contributed by atoms with Crippen LogP contribution in [-0.4, -0.2) is 43.2 Å². The van der Waals surface area contributed by atoms with Gasteiger partial charge in [-0.1, -0.05) is 29.3 Å². The van der Waals surface area contributed by atoms with Gasteiger partial charge in [-0.15, -0.1) is 0 Å². The minimum Gasteiger partial charge on any atom is -0.374 e. The molecule has 1 saturated heterocycles. The first kappa shape index (κ1) is 20.0. The molecule has 2 aromatic carbocycles. The van der Waals surface area contributed by atoms with Crippen LogP contribution in [0.15, 0.2) is 36.4 Å². The van der Waals surface area contributed by atoms with Crippen molar-refractivity contribution < 1.29 is 23.0 Å². The van der Waals surface area contributed by atoms with E-state index in [4.69, 9.17) is 32.7 Å². The van der Waals surface area contributed by atoms with Crippen LogP contribution in [0.3, 0.4) is 0 Å². The van der Waals surface area contributed by atoms with Crippen molar-refractivity contribution >= 4 is 29.1 Å². The van der Waals surface area contributed by atoms with Crippen molar-refractivity contribution in [2.24, 2.45) is 0 Å². The number of nitrogens with zero attached hydrogens (tertiary/aromatic N) is 1.